The highest BCUT2D eigenvalue weighted by molar-refractivity contribution is 6.14. The summed E-state index contributed by atoms with van der Waals surface area (Å²) >= 11 is 0. The van der Waals surface area contributed by atoms with E-state index in [0.717, 1.165) is 55.8 Å². The zero-order valence-corrected chi connectivity index (χ0v) is 27.9. The van der Waals surface area contributed by atoms with Gasteiger partial charge in [0.1, 0.15) is 0 Å². The van der Waals surface area contributed by atoms with Crippen LogP contribution in [0.15, 0.2) is 194 Å². The second-order valence-corrected chi connectivity index (χ2v) is 12.8. The lowest BCUT2D eigenvalue weighted by molar-refractivity contribution is 1.13. The maximum Gasteiger partial charge on any atom is 0.0729 e. The number of para-hydroxylation sites is 4. The molecule has 9 rings (SSSR count). The van der Waals surface area contributed by atoms with Crippen molar-refractivity contribution in [2.24, 2.45) is 10.7 Å². The minimum Gasteiger partial charge on any atom is -0.398 e. The molecule has 0 aliphatic rings. The van der Waals surface area contributed by atoms with Gasteiger partial charge in [0.2, 0.25) is 0 Å². The van der Waals surface area contributed by atoms with Gasteiger partial charge in [-0.1, -0.05) is 140 Å². The second-order valence-electron chi connectivity index (χ2n) is 12.8. The Balaban J connectivity index is 1.31. The summed E-state index contributed by atoms with van der Waals surface area (Å²) in [4.78, 5) is 5.22. The Morgan fingerprint density at radius 3 is 1.25 bits per heavy atom. The van der Waals surface area contributed by atoms with Crippen molar-refractivity contribution < 1.29 is 0 Å². The quantitative estimate of drug-likeness (QED) is 0.171. The van der Waals surface area contributed by atoms with Crippen molar-refractivity contribution in [3.05, 3.63) is 205 Å². The molecule has 9 aromatic rings. The Kier molecular flexibility index (Phi) is 7.41. The van der Waals surface area contributed by atoms with Crippen LogP contribution in [0.2, 0.25) is 0 Å². The molecule has 4 nitrogen and oxygen atoms in total. The van der Waals surface area contributed by atoms with Crippen molar-refractivity contribution in [3.8, 4) is 11.4 Å². The topological polar surface area (TPSA) is 48.2 Å². The van der Waals surface area contributed by atoms with Crippen LogP contribution >= 0.6 is 0 Å². The summed E-state index contributed by atoms with van der Waals surface area (Å²) in [6.45, 7) is 4.59. The van der Waals surface area contributed by atoms with Crippen LogP contribution in [0.4, 0.5) is 0 Å². The van der Waals surface area contributed by atoms with Crippen LogP contribution in [0.1, 0.15) is 16.7 Å². The average Bonchev–Trinajstić information content (AvgIpc) is 3.71. The molecule has 0 amide bonds. The van der Waals surface area contributed by atoms with E-state index in [9.17, 15) is 0 Å². The molecule has 4 heteroatoms. The van der Waals surface area contributed by atoms with Gasteiger partial charge in [0, 0.05) is 49.7 Å². The Labute approximate surface area is 296 Å². The van der Waals surface area contributed by atoms with E-state index in [0.29, 0.717) is 11.4 Å². The number of nitrogens with two attached hydrogens (primary N) is 1. The molecule has 0 spiro atoms. The maximum absolute atomic E-state index is 6.68. The van der Waals surface area contributed by atoms with Gasteiger partial charge in [0.05, 0.1) is 33.5 Å². The first-order valence-corrected chi connectivity index (χ1v) is 17.1. The lowest BCUT2D eigenvalue weighted by Gasteiger charge is -2.16. The molecule has 0 radical (unpaired) electrons. The summed E-state index contributed by atoms with van der Waals surface area (Å²) in [6.07, 6.45) is 1.94. The smallest absolute Gasteiger partial charge is 0.0729 e. The van der Waals surface area contributed by atoms with Crippen LogP contribution in [-0.2, 0) is 0 Å². The summed E-state index contributed by atoms with van der Waals surface area (Å²) in [7, 11) is 0. The molecule has 0 aliphatic heterocycles. The molecular weight excluding hydrogens is 621 g/mol. The molecule has 0 unspecified atom stereocenters. The van der Waals surface area contributed by atoms with Crippen LogP contribution in [0.5, 0.6) is 0 Å². The van der Waals surface area contributed by atoms with Gasteiger partial charge in [-0.2, -0.15) is 0 Å². The summed E-state index contributed by atoms with van der Waals surface area (Å²) in [5.74, 6) is 0. The van der Waals surface area contributed by atoms with E-state index in [-0.39, 0.29) is 0 Å². The number of aliphatic imine (C=N–C) groups is 1. The standard InChI is InChI=1S/C47H34N4/c1-32(49-43(34-18-6-3-7-19-34)31-42(48)33-16-4-2-5-17-33)35-28-36(50-44-24-12-8-20-38(44)39-21-9-13-25-45(39)50)30-37(29-35)51-46-26-14-10-22-40(46)41-23-11-15-27-47(41)51/h2-31H,1,48H2/b42-31-,49-43+. The van der Waals surface area contributed by atoms with E-state index in [1.165, 1.54) is 21.5 Å². The van der Waals surface area contributed by atoms with Gasteiger partial charge >= 0.3 is 0 Å². The van der Waals surface area contributed by atoms with Crippen molar-refractivity contribution in [1.29, 1.82) is 0 Å². The van der Waals surface area contributed by atoms with Crippen LogP contribution in [0.25, 0.3) is 66.4 Å². The number of aromatic nitrogens is 2. The van der Waals surface area contributed by atoms with Crippen molar-refractivity contribution in [2.75, 3.05) is 0 Å². The van der Waals surface area contributed by atoms with Gasteiger partial charge in [-0.3, -0.25) is 0 Å². The average molecular weight is 655 g/mol. The SMILES string of the molecule is C=C(/N=C(\C=C(/N)c1ccccc1)c1ccccc1)c1cc(-n2c3ccccc3c3ccccc32)cc(-n2c3ccccc3c3ccccc32)c1. The van der Waals surface area contributed by atoms with Crippen molar-refractivity contribution in [1.82, 2.24) is 9.13 Å². The van der Waals surface area contributed by atoms with E-state index in [2.05, 4.69) is 143 Å². The van der Waals surface area contributed by atoms with E-state index < -0.39 is 0 Å². The summed E-state index contributed by atoms with van der Waals surface area (Å²) in [6, 6.07) is 61.3. The van der Waals surface area contributed by atoms with Gasteiger partial charge in [0.15, 0.2) is 0 Å². The molecule has 0 bridgehead atoms. The molecule has 2 heterocycles. The molecule has 242 valence electrons. The van der Waals surface area contributed by atoms with E-state index >= 15 is 0 Å². The highest BCUT2D eigenvalue weighted by atomic mass is 15.0. The van der Waals surface area contributed by atoms with Crippen molar-refractivity contribution in [2.45, 2.75) is 0 Å². The fourth-order valence-corrected chi connectivity index (χ4v) is 7.28. The Morgan fingerprint density at radius 1 is 0.451 bits per heavy atom. The lowest BCUT2D eigenvalue weighted by Crippen LogP contribution is -2.05. The molecule has 0 aliphatic carbocycles. The summed E-state index contributed by atoms with van der Waals surface area (Å²) < 4.78 is 4.71. The Hall–Kier alpha value is -6.91. The van der Waals surface area contributed by atoms with Gasteiger partial charge in [0.25, 0.3) is 0 Å². The van der Waals surface area contributed by atoms with Crippen molar-refractivity contribution >= 4 is 60.7 Å². The third kappa shape index (κ3) is 5.31. The number of fused-ring (bicyclic) bond motifs is 6. The molecular formula is C47H34N4. The van der Waals surface area contributed by atoms with E-state index in [1.54, 1.807) is 0 Å². The minimum absolute atomic E-state index is 0.635. The number of nitrogens with zero attached hydrogens (tertiary/aromatic N) is 3. The fraction of sp³-hybridized carbons (Fsp3) is 0. The highest BCUT2D eigenvalue weighted by Crippen LogP contribution is 2.37. The third-order valence-corrected chi connectivity index (χ3v) is 9.64. The Morgan fingerprint density at radius 2 is 0.824 bits per heavy atom. The first kappa shape index (κ1) is 30.2. The van der Waals surface area contributed by atoms with Gasteiger partial charge in [-0.15, -0.1) is 0 Å². The van der Waals surface area contributed by atoms with Gasteiger partial charge < -0.3 is 14.9 Å². The van der Waals surface area contributed by atoms with Crippen LogP contribution in [0, 0.1) is 0 Å². The summed E-state index contributed by atoms with van der Waals surface area (Å²) in [5, 5.41) is 4.84. The first-order chi connectivity index (χ1) is 25.1. The van der Waals surface area contributed by atoms with Gasteiger partial charge in [-0.05, 0) is 54.1 Å². The third-order valence-electron chi connectivity index (χ3n) is 9.64. The van der Waals surface area contributed by atoms with Crippen LogP contribution < -0.4 is 5.73 Å². The largest absolute Gasteiger partial charge is 0.398 e. The second kappa shape index (κ2) is 12.5. The zero-order chi connectivity index (χ0) is 34.3. The van der Waals surface area contributed by atoms with E-state index in [1.807, 2.05) is 54.6 Å². The molecule has 0 saturated heterocycles. The lowest BCUT2D eigenvalue weighted by atomic mass is 10.1. The Bertz CT molecular complexity index is 2580. The van der Waals surface area contributed by atoms with Crippen LogP contribution in [0.3, 0.4) is 0 Å². The van der Waals surface area contributed by atoms with Crippen LogP contribution in [-0.4, -0.2) is 14.8 Å². The zero-order valence-electron chi connectivity index (χ0n) is 27.9. The van der Waals surface area contributed by atoms with Crippen molar-refractivity contribution in [3.63, 3.8) is 0 Å². The molecule has 0 atom stereocenters. The molecule has 2 aromatic heterocycles. The maximum atomic E-state index is 6.68. The molecule has 0 saturated carbocycles. The predicted molar refractivity (Wildman–Crippen MR) is 216 cm³/mol. The monoisotopic (exact) mass is 654 g/mol. The molecule has 2 N–H and O–H groups in total. The number of rotatable bonds is 7. The van der Waals surface area contributed by atoms with Gasteiger partial charge in [-0.25, -0.2) is 4.99 Å². The fourth-order valence-electron chi connectivity index (χ4n) is 7.28. The first-order valence-electron chi connectivity index (χ1n) is 17.1. The van der Waals surface area contributed by atoms with E-state index in [4.69, 9.17) is 10.7 Å². The molecule has 7 aromatic carbocycles. The molecule has 51 heavy (non-hydrogen) atoms. The number of hydrogen-bond acceptors (Lipinski definition) is 2. The number of allylic oxidation sites excluding steroid dienone is 1. The predicted octanol–water partition coefficient (Wildman–Crippen LogP) is 11.3. The molecule has 0 fully saturated rings. The summed E-state index contributed by atoms with van der Waals surface area (Å²) in [5.41, 5.74) is 18.1. The normalized spacial score (nSPS) is 12.3. The number of hydrogen-bond donors (Lipinski definition) is 1. The minimum atomic E-state index is 0.635. The number of benzene rings is 7. The highest BCUT2D eigenvalue weighted by Gasteiger charge is 2.17.